The van der Waals surface area contributed by atoms with Crippen LogP contribution >= 0.6 is 0 Å². The highest BCUT2D eigenvalue weighted by Gasteiger charge is 2.21. The van der Waals surface area contributed by atoms with Crippen LogP contribution in [0.4, 0.5) is 15.8 Å². The molecule has 0 fully saturated rings. The molecule has 0 heterocycles. The van der Waals surface area contributed by atoms with E-state index in [1.165, 1.54) is 25.3 Å². The van der Waals surface area contributed by atoms with E-state index >= 15 is 0 Å². The molecule has 110 valence electrons. The number of nitrogens with one attached hydrogen (secondary N) is 1. The summed E-state index contributed by atoms with van der Waals surface area (Å²) >= 11 is 0. The van der Waals surface area contributed by atoms with Gasteiger partial charge in [0.25, 0.3) is 5.69 Å². The second-order valence-electron chi connectivity index (χ2n) is 4.50. The van der Waals surface area contributed by atoms with Gasteiger partial charge >= 0.3 is 0 Å². The van der Waals surface area contributed by atoms with Gasteiger partial charge in [-0.3, -0.25) is 10.1 Å². The third kappa shape index (κ3) is 3.10. The first kappa shape index (κ1) is 14.8. The topological polar surface area (TPSA) is 64.4 Å². The van der Waals surface area contributed by atoms with Crippen molar-refractivity contribution >= 4 is 11.4 Å². The van der Waals surface area contributed by atoms with Gasteiger partial charge in [-0.1, -0.05) is 24.3 Å². The number of ether oxygens (including phenoxy) is 1. The standard InChI is InChI=1S/C15H15FN2O3/c1-10(11-6-3-4-9-14(11)21-2)17-15-12(16)7-5-8-13(15)18(19)20/h3-10,17H,1-2H3. The number of rotatable bonds is 5. The Kier molecular flexibility index (Phi) is 4.37. The van der Waals surface area contributed by atoms with Crippen LogP contribution in [0.3, 0.4) is 0 Å². The largest absolute Gasteiger partial charge is 0.496 e. The van der Waals surface area contributed by atoms with Crippen LogP contribution in [0.2, 0.25) is 0 Å². The third-order valence-electron chi connectivity index (χ3n) is 3.15. The number of nitro groups is 1. The number of hydrogen-bond acceptors (Lipinski definition) is 4. The molecule has 2 rings (SSSR count). The summed E-state index contributed by atoms with van der Waals surface area (Å²) in [5.41, 5.74) is 0.371. The summed E-state index contributed by atoms with van der Waals surface area (Å²) in [6, 6.07) is 10.7. The van der Waals surface area contributed by atoms with Crippen LogP contribution < -0.4 is 10.1 Å². The number of nitro benzene ring substituents is 1. The van der Waals surface area contributed by atoms with Crippen LogP contribution in [0, 0.1) is 15.9 Å². The molecule has 1 unspecified atom stereocenters. The van der Waals surface area contributed by atoms with Gasteiger partial charge in [-0.2, -0.15) is 0 Å². The number of methoxy groups -OCH3 is 1. The van der Waals surface area contributed by atoms with E-state index in [1.807, 2.05) is 18.2 Å². The molecule has 2 aromatic carbocycles. The fourth-order valence-corrected chi connectivity index (χ4v) is 2.13. The van der Waals surface area contributed by atoms with E-state index in [0.717, 1.165) is 5.56 Å². The molecule has 21 heavy (non-hydrogen) atoms. The maximum Gasteiger partial charge on any atom is 0.295 e. The molecular weight excluding hydrogens is 275 g/mol. The predicted molar refractivity (Wildman–Crippen MR) is 78.1 cm³/mol. The van der Waals surface area contributed by atoms with Gasteiger partial charge in [0.05, 0.1) is 18.1 Å². The van der Waals surface area contributed by atoms with Crippen molar-refractivity contribution in [2.24, 2.45) is 0 Å². The fraction of sp³-hybridized carbons (Fsp3) is 0.200. The van der Waals surface area contributed by atoms with E-state index in [9.17, 15) is 14.5 Å². The van der Waals surface area contributed by atoms with Crippen molar-refractivity contribution in [3.8, 4) is 5.75 Å². The number of hydrogen-bond donors (Lipinski definition) is 1. The maximum atomic E-state index is 13.9. The number of para-hydroxylation sites is 2. The summed E-state index contributed by atoms with van der Waals surface area (Å²) in [6.07, 6.45) is 0. The van der Waals surface area contributed by atoms with Gasteiger partial charge in [0.1, 0.15) is 11.4 Å². The monoisotopic (exact) mass is 290 g/mol. The minimum Gasteiger partial charge on any atom is -0.496 e. The van der Waals surface area contributed by atoms with Crippen molar-refractivity contribution in [1.29, 1.82) is 0 Å². The molecule has 0 amide bonds. The molecule has 2 aromatic rings. The van der Waals surface area contributed by atoms with Crippen molar-refractivity contribution in [3.05, 3.63) is 64.0 Å². The highest BCUT2D eigenvalue weighted by atomic mass is 19.1. The first-order valence-corrected chi connectivity index (χ1v) is 6.37. The molecule has 5 nitrogen and oxygen atoms in total. The van der Waals surface area contributed by atoms with E-state index in [0.29, 0.717) is 5.75 Å². The zero-order valence-corrected chi connectivity index (χ0v) is 11.7. The van der Waals surface area contributed by atoms with Gasteiger partial charge < -0.3 is 10.1 Å². The lowest BCUT2D eigenvalue weighted by Gasteiger charge is -2.18. The molecule has 0 saturated heterocycles. The Bertz CT molecular complexity index is 661. The van der Waals surface area contributed by atoms with Crippen molar-refractivity contribution in [2.45, 2.75) is 13.0 Å². The summed E-state index contributed by atoms with van der Waals surface area (Å²) < 4.78 is 19.1. The van der Waals surface area contributed by atoms with E-state index in [4.69, 9.17) is 4.74 Å². The number of halogens is 1. The van der Waals surface area contributed by atoms with Crippen LogP contribution in [-0.2, 0) is 0 Å². The van der Waals surface area contributed by atoms with E-state index in [-0.39, 0.29) is 17.4 Å². The van der Waals surface area contributed by atoms with Gasteiger partial charge in [0.2, 0.25) is 0 Å². The minimum absolute atomic E-state index is 0.124. The number of benzene rings is 2. The lowest BCUT2D eigenvalue weighted by molar-refractivity contribution is -0.384. The zero-order valence-electron chi connectivity index (χ0n) is 11.7. The maximum absolute atomic E-state index is 13.9. The molecule has 0 spiro atoms. The first-order chi connectivity index (χ1) is 10.0. The minimum atomic E-state index is -0.661. The second-order valence-corrected chi connectivity index (χ2v) is 4.50. The molecule has 0 saturated carbocycles. The summed E-state index contributed by atoms with van der Waals surface area (Å²) in [5.74, 6) is -0.0255. The van der Waals surface area contributed by atoms with Crippen LogP contribution in [0.1, 0.15) is 18.5 Å². The highest BCUT2D eigenvalue weighted by molar-refractivity contribution is 5.63. The van der Waals surface area contributed by atoms with Gasteiger partial charge in [-0.25, -0.2) is 4.39 Å². The summed E-state index contributed by atoms with van der Waals surface area (Å²) in [5, 5.41) is 13.8. The summed E-state index contributed by atoms with van der Waals surface area (Å²) in [4.78, 5) is 10.4. The number of nitrogens with zero attached hydrogens (tertiary/aromatic N) is 1. The molecule has 0 radical (unpaired) electrons. The summed E-state index contributed by atoms with van der Waals surface area (Å²) in [7, 11) is 1.54. The quantitative estimate of drug-likeness (QED) is 0.669. The molecule has 0 aliphatic rings. The molecule has 0 bridgehead atoms. The third-order valence-corrected chi connectivity index (χ3v) is 3.15. The fourth-order valence-electron chi connectivity index (χ4n) is 2.13. The van der Waals surface area contributed by atoms with E-state index in [2.05, 4.69) is 5.32 Å². The number of anilines is 1. The molecule has 6 heteroatoms. The van der Waals surface area contributed by atoms with Crippen molar-refractivity contribution in [1.82, 2.24) is 0 Å². The van der Waals surface area contributed by atoms with Gasteiger partial charge in [-0.15, -0.1) is 0 Å². The molecule has 0 aliphatic heterocycles. The van der Waals surface area contributed by atoms with Gasteiger partial charge in [-0.05, 0) is 19.1 Å². The second kappa shape index (κ2) is 6.21. The molecule has 0 aliphatic carbocycles. The highest BCUT2D eigenvalue weighted by Crippen LogP contribution is 2.33. The van der Waals surface area contributed by atoms with Gasteiger partial charge in [0, 0.05) is 11.6 Å². The lowest BCUT2D eigenvalue weighted by Crippen LogP contribution is -2.11. The predicted octanol–water partition coefficient (Wildman–Crippen LogP) is 3.92. The lowest BCUT2D eigenvalue weighted by atomic mass is 10.1. The average molecular weight is 290 g/mol. The molecule has 1 atom stereocenters. The van der Waals surface area contributed by atoms with Crippen molar-refractivity contribution in [3.63, 3.8) is 0 Å². The Morgan fingerprint density at radius 2 is 1.95 bits per heavy atom. The zero-order chi connectivity index (χ0) is 15.4. The molecule has 1 N–H and O–H groups in total. The first-order valence-electron chi connectivity index (χ1n) is 6.37. The Morgan fingerprint density at radius 3 is 2.62 bits per heavy atom. The molecular formula is C15H15FN2O3. The smallest absolute Gasteiger partial charge is 0.295 e. The SMILES string of the molecule is COc1ccccc1C(C)Nc1c(F)cccc1[N+](=O)[O-]. The van der Waals surface area contributed by atoms with Crippen molar-refractivity contribution < 1.29 is 14.1 Å². The molecule has 0 aromatic heterocycles. The summed E-state index contributed by atoms with van der Waals surface area (Å²) in [6.45, 7) is 1.79. The Labute approximate surface area is 121 Å². The average Bonchev–Trinajstić information content (AvgIpc) is 2.48. The normalized spacial score (nSPS) is 11.8. The van der Waals surface area contributed by atoms with E-state index in [1.54, 1.807) is 13.0 Å². The van der Waals surface area contributed by atoms with Crippen molar-refractivity contribution in [2.75, 3.05) is 12.4 Å². The van der Waals surface area contributed by atoms with Crippen LogP contribution in [-0.4, -0.2) is 12.0 Å². The Balaban J connectivity index is 2.36. The van der Waals surface area contributed by atoms with Crippen LogP contribution in [0.5, 0.6) is 5.75 Å². The Hall–Kier alpha value is -2.63. The van der Waals surface area contributed by atoms with Crippen LogP contribution in [0.25, 0.3) is 0 Å². The van der Waals surface area contributed by atoms with Gasteiger partial charge in [0.15, 0.2) is 5.82 Å². The Morgan fingerprint density at radius 1 is 1.24 bits per heavy atom. The van der Waals surface area contributed by atoms with E-state index < -0.39 is 10.7 Å². The van der Waals surface area contributed by atoms with Crippen LogP contribution in [0.15, 0.2) is 42.5 Å².